The zero-order valence-electron chi connectivity index (χ0n) is 12.2. The van der Waals surface area contributed by atoms with Crippen LogP contribution >= 0.6 is 11.3 Å². The van der Waals surface area contributed by atoms with Crippen LogP contribution < -0.4 is 5.32 Å². The molecule has 2 N–H and O–H groups in total. The molecule has 0 spiro atoms. The van der Waals surface area contributed by atoms with Gasteiger partial charge in [0.25, 0.3) is 0 Å². The second-order valence-corrected chi connectivity index (χ2v) is 5.30. The van der Waals surface area contributed by atoms with Gasteiger partial charge in [0.1, 0.15) is 5.82 Å². The van der Waals surface area contributed by atoms with Gasteiger partial charge in [-0.25, -0.2) is 9.78 Å². The Balaban J connectivity index is 2.52. The Bertz CT molecular complexity index is 666. The number of hydrogen-bond donors (Lipinski definition) is 2. The van der Waals surface area contributed by atoms with Crippen molar-refractivity contribution in [3.8, 4) is 0 Å². The van der Waals surface area contributed by atoms with Crippen molar-refractivity contribution in [1.82, 2.24) is 4.98 Å². The lowest BCUT2D eigenvalue weighted by molar-refractivity contribution is 0.0526. The molecule has 0 saturated carbocycles. The highest BCUT2D eigenvalue weighted by atomic mass is 32.1. The van der Waals surface area contributed by atoms with E-state index in [1.165, 1.54) is 0 Å². The SMILES string of the molecule is CCOC(=O)c1cc(C)nc(Nc2ccsc2)c1C(C)=N. The van der Waals surface area contributed by atoms with Gasteiger partial charge in [0.2, 0.25) is 0 Å². The fourth-order valence-electron chi connectivity index (χ4n) is 1.99. The van der Waals surface area contributed by atoms with E-state index < -0.39 is 5.97 Å². The van der Waals surface area contributed by atoms with Crippen molar-refractivity contribution >= 4 is 34.5 Å². The van der Waals surface area contributed by atoms with Gasteiger partial charge in [0, 0.05) is 16.8 Å². The van der Waals surface area contributed by atoms with Crippen molar-refractivity contribution in [3.05, 3.63) is 39.7 Å². The van der Waals surface area contributed by atoms with Crippen LogP contribution in [0.1, 0.15) is 35.5 Å². The van der Waals surface area contributed by atoms with E-state index in [2.05, 4.69) is 10.3 Å². The summed E-state index contributed by atoms with van der Waals surface area (Å²) in [4.78, 5) is 16.5. The van der Waals surface area contributed by atoms with Crippen LogP contribution in [0.25, 0.3) is 0 Å². The molecule has 0 fully saturated rings. The Kier molecular flexibility index (Phi) is 4.70. The molecule has 0 aliphatic carbocycles. The van der Waals surface area contributed by atoms with Crippen LogP contribution in [0, 0.1) is 12.3 Å². The Labute approximate surface area is 127 Å². The van der Waals surface area contributed by atoms with Gasteiger partial charge in [0.05, 0.1) is 23.4 Å². The number of thiophene rings is 1. The van der Waals surface area contributed by atoms with E-state index in [4.69, 9.17) is 10.1 Å². The monoisotopic (exact) mass is 303 g/mol. The van der Waals surface area contributed by atoms with Gasteiger partial charge in [-0.15, -0.1) is 0 Å². The van der Waals surface area contributed by atoms with Crippen LogP contribution in [0.4, 0.5) is 11.5 Å². The van der Waals surface area contributed by atoms with Crippen LogP contribution in [0.3, 0.4) is 0 Å². The number of carbonyl (C=O) groups excluding carboxylic acids is 1. The van der Waals surface area contributed by atoms with Crippen molar-refractivity contribution in [1.29, 1.82) is 5.41 Å². The molecule has 0 radical (unpaired) electrons. The number of esters is 1. The molecule has 2 rings (SSSR count). The number of hydrogen-bond acceptors (Lipinski definition) is 6. The zero-order valence-corrected chi connectivity index (χ0v) is 13.0. The maximum atomic E-state index is 12.1. The van der Waals surface area contributed by atoms with Crippen LogP contribution in [0.2, 0.25) is 0 Å². The maximum absolute atomic E-state index is 12.1. The fourth-order valence-corrected chi connectivity index (χ4v) is 2.57. The lowest BCUT2D eigenvalue weighted by Gasteiger charge is -2.14. The number of aromatic nitrogens is 1. The van der Waals surface area contributed by atoms with Crippen LogP contribution in [0.15, 0.2) is 22.9 Å². The number of ether oxygens (including phenoxy) is 1. The molecule has 0 saturated heterocycles. The predicted molar refractivity (Wildman–Crippen MR) is 85.0 cm³/mol. The normalized spacial score (nSPS) is 10.2. The molecule has 2 aromatic heterocycles. The second-order valence-electron chi connectivity index (χ2n) is 4.52. The number of rotatable bonds is 5. The standard InChI is InChI=1S/C15H17N3O2S/c1-4-20-15(19)12-7-9(2)17-14(13(12)10(3)16)18-11-5-6-21-8-11/h5-8,16H,4H2,1-3H3,(H,17,18). The summed E-state index contributed by atoms with van der Waals surface area (Å²) in [5.41, 5.74) is 2.69. The first-order valence-electron chi connectivity index (χ1n) is 6.56. The first-order valence-corrected chi connectivity index (χ1v) is 7.50. The van der Waals surface area contributed by atoms with Gasteiger partial charge in [0.15, 0.2) is 0 Å². The number of carbonyl (C=O) groups is 1. The third-order valence-corrected chi connectivity index (χ3v) is 3.49. The summed E-state index contributed by atoms with van der Waals surface area (Å²) in [7, 11) is 0. The average Bonchev–Trinajstić information content (AvgIpc) is 2.90. The molecule has 5 nitrogen and oxygen atoms in total. The summed E-state index contributed by atoms with van der Waals surface area (Å²) < 4.78 is 5.07. The molecule has 0 amide bonds. The fraction of sp³-hybridized carbons (Fsp3) is 0.267. The molecular formula is C15H17N3O2S. The van der Waals surface area contributed by atoms with Crippen LogP contribution in [-0.2, 0) is 4.74 Å². The first-order chi connectivity index (χ1) is 10.0. The molecule has 0 aliphatic rings. The number of nitrogens with one attached hydrogen (secondary N) is 2. The lowest BCUT2D eigenvalue weighted by atomic mass is 10.0. The summed E-state index contributed by atoms with van der Waals surface area (Å²) in [6, 6.07) is 3.58. The summed E-state index contributed by atoms with van der Waals surface area (Å²) in [5.74, 6) is 0.0712. The summed E-state index contributed by atoms with van der Waals surface area (Å²) >= 11 is 1.56. The van der Waals surface area contributed by atoms with Crippen molar-refractivity contribution in [2.45, 2.75) is 20.8 Å². The van der Waals surface area contributed by atoms with Crippen molar-refractivity contribution in [2.75, 3.05) is 11.9 Å². The van der Waals surface area contributed by atoms with E-state index in [-0.39, 0.29) is 5.71 Å². The largest absolute Gasteiger partial charge is 0.462 e. The minimum Gasteiger partial charge on any atom is -0.462 e. The van der Waals surface area contributed by atoms with Gasteiger partial charge >= 0.3 is 5.97 Å². The zero-order chi connectivity index (χ0) is 15.4. The van der Waals surface area contributed by atoms with Crippen molar-refractivity contribution in [3.63, 3.8) is 0 Å². The average molecular weight is 303 g/mol. The van der Waals surface area contributed by atoms with Gasteiger partial charge in [-0.1, -0.05) is 0 Å². The second kappa shape index (κ2) is 6.49. The Morgan fingerprint density at radius 3 is 2.86 bits per heavy atom. The molecule has 0 aliphatic heterocycles. The molecule has 110 valence electrons. The molecule has 0 bridgehead atoms. The van der Waals surface area contributed by atoms with E-state index in [1.807, 2.05) is 23.8 Å². The van der Waals surface area contributed by atoms with E-state index in [9.17, 15) is 4.79 Å². The third kappa shape index (κ3) is 3.46. The minimum atomic E-state index is -0.432. The molecule has 2 heterocycles. The minimum absolute atomic E-state index is 0.267. The van der Waals surface area contributed by atoms with Gasteiger partial charge in [-0.05, 0) is 38.3 Å². The highest BCUT2D eigenvalue weighted by molar-refractivity contribution is 7.08. The Morgan fingerprint density at radius 1 is 1.52 bits per heavy atom. The van der Waals surface area contributed by atoms with E-state index >= 15 is 0 Å². The Morgan fingerprint density at radius 2 is 2.29 bits per heavy atom. The van der Waals surface area contributed by atoms with Gasteiger partial charge in [-0.3, -0.25) is 0 Å². The number of nitrogens with zero attached hydrogens (tertiary/aromatic N) is 1. The highest BCUT2D eigenvalue weighted by Crippen LogP contribution is 2.25. The predicted octanol–water partition coefficient (Wildman–Crippen LogP) is 3.76. The third-order valence-electron chi connectivity index (χ3n) is 2.80. The molecular weight excluding hydrogens is 286 g/mol. The number of anilines is 2. The summed E-state index contributed by atoms with van der Waals surface area (Å²) in [5, 5.41) is 15.0. The highest BCUT2D eigenvalue weighted by Gasteiger charge is 2.20. The molecule has 0 unspecified atom stereocenters. The van der Waals surface area contributed by atoms with Crippen molar-refractivity contribution < 1.29 is 9.53 Å². The Hall–Kier alpha value is -2.21. The van der Waals surface area contributed by atoms with Gasteiger partial charge < -0.3 is 15.5 Å². The molecule has 21 heavy (non-hydrogen) atoms. The number of pyridine rings is 1. The topological polar surface area (TPSA) is 75.1 Å². The quantitative estimate of drug-likeness (QED) is 0.651. The van der Waals surface area contributed by atoms with E-state index in [0.717, 1.165) is 5.69 Å². The van der Waals surface area contributed by atoms with E-state index in [0.29, 0.717) is 29.2 Å². The smallest absolute Gasteiger partial charge is 0.338 e. The molecule has 6 heteroatoms. The van der Waals surface area contributed by atoms with Gasteiger partial charge in [-0.2, -0.15) is 11.3 Å². The van der Waals surface area contributed by atoms with E-state index in [1.54, 1.807) is 31.3 Å². The number of aryl methyl sites for hydroxylation is 1. The first kappa shape index (κ1) is 15.2. The molecule has 0 atom stereocenters. The van der Waals surface area contributed by atoms with Crippen molar-refractivity contribution in [2.24, 2.45) is 0 Å². The molecule has 2 aromatic rings. The molecule has 0 aromatic carbocycles. The van der Waals surface area contributed by atoms with Crippen LogP contribution in [-0.4, -0.2) is 23.3 Å². The lowest BCUT2D eigenvalue weighted by Crippen LogP contribution is -2.14. The van der Waals surface area contributed by atoms with Crippen LogP contribution in [0.5, 0.6) is 0 Å². The summed E-state index contributed by atoms with van der Waals surface area (Å²) in [6.45, 7) is 5.50. The maximum Gasteiger partial charge on any atom is 0.338 e. The summed E-state index contributed by atoms with van der Waals surface area (Å²) in [6.07, 6.45) is 0.